The number of benzene rings is 3. The highest BCUT2D eigenvalue weighted by molar-refractivity contribution is 5.86. The summed E-state index contributed by atoms with van der Waals surface area (Å²) in [5, 5.41) is 9.22. The normalized spacial score (nSPS) is 13.6. The molecule has 4 rings (SSSR count). The molecule has 3 aromatic rings. The molecule has 0 aliphatic heterocycles. The molecule has 1 N–H and O–H groups in total. The lowest BCUT2D eigenvalue weighted by Crippen LogP contribution is -2.13. The first-order valence-corrected chi connectivity index (χ1v) is 14.1. The average molecular weight is 529 g/mol. The van der Waals surface area contributed by atoms with E-state index in [9.17, 15) is 9.90 Å². The van der Waals surface area contributed by atoms with E-state index in [1.54, 1.807) is 6.92 Å². The van der Waals surface area contributed by atoms with Crippen molar-refractivity contribution in [2.45, 2.75) is 58.3 Å². The Morgan fingerprint density at radius 1 is 0.846 bits per heavy atom. The van der Waals surface area contributed by atoms with E-state index >= 15 is 0 Å². The van der Waals surface area contributed by atoms with E-state index in [4.69, 9.17) is 14.2 Å². The van der Waals surface area contributed by atoms with Crippen molar-refractivity contribution in [1.82, 2.24) is 0 Å². The summed E-state index contributed by atoms with van der Waals surface area (Å²) < 4.78 is 16.8. The Hall–Kier alpha value is -3.57. The number of hydrogen-bond acceptors (Lipinski definition) is 5. The van der Waals surface area contributed by atoms with Gasteiger partial charge in [-0.1, -0.05) is 81.3 Å². The van der Waals surface area contributed by atoms with Crippen LogP contribution in [0.2, 0.25) is 0 Å². The molecule has 0 atom stereocenters. The van der Waals surface area contributed by atoms with Gasteiger partial charge in [0, 0.05) is 5.57 Å². The number of esters is 1. The molecule has 0 unspecified atom stereocenters. The lowest BCUT2D eigenvalue weighted by molar-refractivity contribution is -0.139. The molecule has 0 heterocycles. The van der Waals surface area contributed by atoms with E-state index in [-0.39, 0.29) is 26.4 Å². The molecular weight excluding hydrogens is 488 g/mol. The largest absolute Gasteiger partial charge is 0.487 e. The van der Waals surface area contributed by atoms with E-state index in [1.807, 2.05) is 18.2 Å². The zero-order valence-electron chi connectivity index (χ0n) is 23.2. The summed E-state index contributed by atoms with van der Waals surface area (Å²) in [6.07, 6.45) is 7.57. The lowest BCUT2D eigenvalue weighted by Gasteiger charge is -2.22. The maximum atomic E-state index is 11.7. The molecule has 39 heavy (non-hydrogen) atoms. The standard InChI is InChI=1S/C34H40O5/c1-4-25-22-29(28-12-10-27(11-13-28)26-8-6-5-7-9-26)14-16-31(25)30-15-17-32(37-19-18-35)33(23-30)38-20-21-39-34(36)24(2)3/h10-17,22-23,26,35H,2,4-9,18-21H2,1,3H3. The van der Waals surface area contributed by atoms with Gasteiger partial charge >= 0.3 is 5.97 Å². The van der Waals surface area contributed by atoms with Gasteiger partial charge in [-0.05, 0) is 77.6 Å². The predicted molar refractivity (Wildman–Crippen MR) is 156 cm³/mol. The molecule has 0 bridgehead atoms. The average Bonchev–Trinajstić information content (AvgIpc) is 2.98. The SMILES string of the molecule is C=C(C)C(=O)OCCOc1cc(-c2ccc(-c3ccc(C4CCCCC4)cc3)cc2CC)ccc1OCCO. The Morgan fingerprint density at radius 2 is 1.54 bits per heavy atom. The minimum Gasteiger partial charge on any atom is -0.487 e. The fourth-order valence-electron chi connectivity index (χ4n) is 5.20. The minimum absolute atomic E-state index is 0.0967. The first-order chi connectivity index (χ1) is 19.0. The molecule has 1 fully saturated rings. The molecule has 0 spiro atoms. The fourth-order valence-corrected chi connectivity index (χ4v) is 5.20. The zero-order valence-corrected chi connectivity index (χ0v) is 23.2. The van der Waals surface area contributed by atoms with Crippen molar-refractivity contribution in [2.24, 2.45) is 0 Å². The van der Waals surface area contributed by atoms with Crippen molar-refractivity contribution < 1.29 is 24.1 Å². The van der Waals surface area contributed by atoms with Crippen LogP contribution in [0.1, 0.15) is 63.0 Å². The van der Waals surface area contributed by atoms with Gasteiger partial charge in [0.1, 0.15) is 19.8 Å². The summed E-state index contributed by atoms with van der Waals surface area (Å²) in [6.45, 7) is 7.71. The van der Waals surface area contributed by atoms with Gasteiger partial charge in [-0.15, -0.1) is 0 Å². The van der Waals surface area contributed by atoms with Crippen molar-refractivity contribution in [3.05, 3.63) is 83.9 Å². The molecule has 0 amide bonds. The number of aliphatic hydroxyl groups is 1. The summed E-state index contributed by atoms with van der Waals surface area (Å²) in [7, 11) is 0. The molecular formula is C34H40O5. The Balaban J connectivity index is 1.53. The second kappa shape index (κ2) is 14.0. The molecule has 0 saturated heterocycles. The van der Waals surface area contributed by atoms with Crippen molar-refractivity contribution in [3.63, 3.8) is 0 Å². The van der Waals surface area contributed by atoms with E-state index in [1.165, 1.54) is 54.4 Å². The smallest absolute Gasteiger partial charge is 0.333 e. The molecule has 206 valence electrons. The van der Waals surface area contributed by atoms with E-state index < -0.39 is 5.97 Å². The molecule has 0 aromatic heterocycles. The Morgan fingerprint density at radius 3 is 2.23 bits per heavy atom. The third kappa shape index (κ3) is 7.51. The van der Waals surface area contributed by atoms with E-state index in [2.05, 4.69) is 56.0 Å². The number of rotatable bonds is 12. The van der Waals surface area contributed by atoms with Crippen molar-refractivity contribution >= 4 is 5.97 Å². The first kappa shape index (κ1) is 28.4. The maximum absolute atomic E-state index is 11.7. The van der Waals surface area contributed by atoms with Crippen molar-refractivity contribution in [3.8, 4) is 33.8 Å². The van der Waals surface area contributed by atoms with Crippen LogP contribution in [0.3, 0.4) is 0 Å². The highest BCUT2D eigenvalue weighted by Gasteiger charge is 2.16. The monoisotopic (exact) mass is 528 g/mol. The summed E-state index contributed by atoms with van der Waals surface area (Å²) in [6, 6.07) is 21.6. The Kier molecular flexibility index (Phi) is 10.2. The predicted octanol–water partition coefficient (Wildman–Crippen LogP) is 7.50. The van der Waals surface area contributed by atoms with Crippen LogP contribution in [0.25, 0.3) is 22.3 Å². The van der Waals surface area contributed by atoms with Crippen LogP contribution >= 0.6 is 0 Å². The molecule has 5 heteroatoms. The van der Waals surface area contributed by atoms with Gasteiger partial charge in [0.15, 0.2) is 11.5 Å². The molecule has 1 aliphatic carbocycles. The lowest BCUT2D eigenvalue weighted by atomic mass is 9.83. The maximum Gasteiger partial charge on any atom is 0.333 e. The van der Waals surface area contributed by atoms with Gasteiger partial charge in [-0.2, -0.15) is 0 Å². The number of carbonyl (C=O) groups is 1. The number of aliphatic hydroxyl groups excluding tert-OH is 1. The van der Waals surface area contributed by atoms with Crippen molar-refractivity contribution in [2.75, 3.05) is 26.4 Å². The number of carbonyl (C=O) groups excluding carboxylic acids is 1. The van der Waals surface area contributed by atoms with E-state index in [0.29, 0.717) is 23.0 Å². The van der Waals surface area contributed by atoms with Crippen LogP contribution in [0, 0.1) is 0 Å². The summed E-state index contributed by atoms with van der Waals surface area (Å²) in [5.74, 6) is 1.34. The minimum atomic E-state index is -0.444. The number of ether oxygens (including phenoxy) is 3. The third-order valence-electron chi connectivity index (χ3n) is 7.33. The molecule has 3 aromatic carbocycles. The Labute approximate surface area is 232 Å². The molecule has 0 radical (unpaired) electrons. The Bertz CT molecular complexity index is 1260. The van der Waals surface area contributed by atoms with Crippen molar-refractivity contribution in [1.29, 1.82) is 0 Å². The fraction of sp³-hybridized carbons (Fsp3) is 0.382. The van der Waals surface area contributed by atoms with Crippen LogP contribution in [-0.2, 0) is 16.0 Å². The second-order valence-corrected chi connectivity index (χ2v) is 10.2. The highest BCUT2D eigenvalue weighted by Crippen LogP contribution is 2.37. The zero-order chi connectivity index (χ0) is 27.6. The topological polar surface area (TPSA) is 65.0 Å². The summed E-state index contributed by atoms with van der Waals surface area (Å²) >= 11 is 0. The quantitative estimate of drug-likeness (QED) is 0.150. The first-order valence-electron chi connectivity index (χ1n) is 14.1. The van der Waals surface area contributed by atoms with Crippen LogP contribution in [0.5, 0.6) is 11.5 Å². The van der Waals surface area contributed by atoms with E-state index in [0.717, 1.165) is 17.5 Å². The van der Waals surface area contributed by atoms with Crippen LogP contribution in [0.4, 0.5) is 0 Å². The van der Waals surface area contributed by atoms with Gasteiger partial charge < -0.3 is 19.3 Å². The summed E-state index contributed by atoms with van der Waals surface area (Å²) in [5.41, 5.74) is 7.65. The molecule has 1 saturated carbocycles. The van der Waals surface area contributed by atoms with Gasteiger partial charge in [-0.3, -0.25) is 0 Å². The number of hydrogen-bond donors (Lipinski definition) is 1. The van der Waals surface area contributed by atoms with Gasteiger partial charge in [0.2, 0.25) is 0 Å². The number of aryl methyl sites for hydroxylation is 1. The second-order valence-electron chi connectivity index (χ2n) is 10.2. The molecule has 5 nitrogen and oxygen atoms in total. The van der Waals surface area contributed by atoms with Gasteiger partial charge in [0.05, 0.1) is 6.61 Å². The third-order valence-corrected chi connectivity index (χ3v) is 7.33. The van der Waals surface area contributed by atoms with Crippen LogP contribution in [-0.4, -0.2) is 37.5 Å². The highest BCUT2D eigenvalue weighted by atomic mass is 16.6. The van der Waals surface area contributed by atoms with Crippen LogP contribution < -0.4 is 9.47 Å². The van der Waals surface area contributed by atoms with Gasteiger partial charge in [-0.25, -0.2) is 4.79 Å². The summed E-state index contributed by atoms with van der Waals surface area (Å²) in [4.78, 5) is 11.7. The van der Waals surface area contributed by atoms with Crippen LogP contribution in [0.15, 0.2) is 72.8 Å². The molecule has 1 aliphatic rings. The van der Waals surface area contributed by atoms with Gasteiger partial charge in [0.25, 0.3) is 0 Å².